The van der Waals surface area contributed by atoms with E-state index in [1.165, 1.54) is 31.3 Å². The van der Waals surface area contributed by atoms with Gasteiger partial charge in [0.1, 0.15) is 0 Å². The van der Waals surface area contributed by atoms with E-state index < -0.39 is 0 Å². The normalized spacial score (nSPS) is 17.6. The number of rotatable bonds is 8. The molecule has 0 bridgehead atoms. The minimum absolute atomic E-state index is 0.0657. The van der Waals surface area contributed by atoms with Gasteiger partial charge >= 0.3 is 0 Å². The van der Waals surface area contributed by atoms with Crippen molar-refractivity contribution < 1.29 is 4.79 Å². The molecule has 0 saturated heterocycles. The molecule has 1 heterocycles. The van der Waals surface area contributed by atoms with E-state index in [0.29, 0.717) is 6.54 Å². The fourth-order valence-corrected chi connectivity index (χ4v) is 2.73. The van der Waals surface area contributed by atoms with Crippen molar-refractivity contribution in [3.63, 3.8) is 0 Å². The van der Waals surface area contributed by atoms with Crippen LogP contribution < -0.4 is 10.6 Å². The van der Waals surface area contributed by atoms with Gasteiger partial charge in [0, 0.05) is 25.0 Å². The fourth-order valence-electron chi connectivity index (χ4n) is 2.73. The standard InChI is InChI=1S/C17H28N4O/c1-14(15(2)21-12-6-10-20-21)19-13-17(22)18-11-9-16-7-4-3-5-8-16/h6-7,10,12,14-15,19H,3-5,8-9,11,13H2,1-2H3,(H,18,22)/t14-,15+/m1/s1. The van der Waals surface area contributed by atoms with Crippen molar-refractivity contribution in [1.29, 1.82) is 0 Å². The quantitative estimate of drug-likeness (QED) is 0.725. The van der Waals surface area contributed by atoms with Gasteiger partial charge in [-0.2, -0.15) is 5.10 Å². The average molecular weight is 304 g/mol. The van der Waals surface area contributed by atoms with Gasteiger partial charge < -0.3 is 10.6 Å². The molecule has 2 atom stereocenters. The predicted molar refractivity (Wildman–Crippen MR) is 88.6 cm³/mol. The van der Waals surface area contributed by atoms with Crippen molar-refractivity contribution in [2.45, 2.75) is 58.0 Å². The summed E-state index contributed by atoms with van der Waals surface area (Å²) in [7, 11) is 0. The van der Waals surface area contributed by atoms with Crippen molar-refractivity contribution in [3.05, 3.63) is 30.1 Å². The van der Waals surface area contributed by atoms with Crippen LogP contribution in [0.3, 0.4) is 0 Å². The molecule has 0 radical (unpaired) electrons. The molecule has 0 aliphatic heterocycles. The molecule has 0 fully saturated rings. The molecule has 1 aromatic rings. The SMILES string of the molecule is C[C@@H](NCC(=O)NCCC1=CCCCC1)[C@H](C)n1cccn1. The van der Waals surface area contributed by atoms with Crippen LogP contribution in [-0.4, -0.2) is 34.8 Å². The number of amides is 1. The zero-order valence-corrected chi connectivity index (χ0v) is 13.7. The molecule has 1 aliphatic carbocycles. The predicted octanol–water partition coefficient (Wildman–Crippen LogP) is 2.43. The third-order valence-electron chi connectivity index (χ3n) is 4.40. The van der Waals surface area contributed by atoms with Gasteiger partial charge in [0.25, 0.3) is 0 Å². The second kappa shape index (κ2) is 8.73. The molecular formula is C17H28N4O. The Kier molecular flexibility index (Phi) is 6.65. The van der Waals surface area contributed by atoms with Crippen LogP contribution in [0, 0.1) is 0 Å². The molecule has 2 N–H and O–H groups in total. The molecule has 1 aromatic heterocycles. The lowest BCUT2D eigenvalue weighted by atomic mass is 9.97. The highest BCUT2D eigenvalue weighted by molar-refractivity contribution is 5.78. The van der Waals surface area contributed by atoms with Crippen LogP contribution in [0.4, 0.5) is 0 Å². The van der Waals surface area contributed by atoms with Crippen LogP contribution in [0.25, 0.3) is 0 Å². The van der Waals surface area contributed by atoms with Crippen LogP contribution in [-0.2, 0) is 4.79 Å². The van der Waals surface area contributed by atoms with E-state index in [0.717, 1.165) is 13.0 Å². The van der Waals surface area contributed by atoms with Gasteiger partial charge in [0.05, 0.1) is 12.6 Å². The Morgan fingerprint density at radius 3 is 2.95 bits per heavy atom. The smallest absolute Gasteiger partial charge is 0.233 e. The van der Waals surface area contributed by atoms with E-state index in [-0.39, 0.29) is 18.0 Å². The summed E-state index contributed by atoms with van der Waals surface area (Å²) in [6.07, 6.45) is 12.1. The van der Waals surface area contributed by atoms with E-state index in [1.807, 2.05) is 16.9 Å². The zero-order valence-electron chi connectivity index (χ0n) is 13.7. The second-order valence-corrected chi connectivity index (χ2v) is 6.10. The number of nitrogens with one attached hydrogen (secondary N) is 2. The minimum atomic E-state index is 0.0657. The lowest BCUT2D eigenvalue weighted by Gasteiger charge is -2.21. The van der Waals surface area contributed by atoms with Gasteiger partial charge in [-0.1, -0.05) is 11.6 Å². The van der Waals surface area contributed by atoms with Gasteiger partial charge in [-0.15, -0.1) is 0 Å². The van der Waals surface area contributed by atoms with E-state index in [9.17, 15) is 4.79 Å². The fraction of sp³-hybridized carbons (Fsp3) is 0.647. The van der Waals surface area contributed by atoms with Crippen LogP contribution in [0.1, 0.15) is 52.0 Å². The Hall–Kier alpha value is -1.62. The zero-order chi connectivity index (χ0) is 15.8. The summed E-state index contributed by atoms with van der Waals surface area (Å²) < 4.78 is 1.91. The first-order valence-corrected chi connectivity index (χ1v) is 8.34. The van der Waals surface area contributed by atoms with Gasteiger partial charge in [0.15, 0.2) is 0 Å². The first kappa shape index (κ1) is 16.7. The van der Waals surface area contributed by atoms with E-state index >= 15 is 0 Å². The Labute approximate surface area is 133 Å². The maximum absolute atomic E-state index is 11.9. The third kappa shape index (κ3) is 5.30. The lowest BCUT2D eigenvalue weighted by molar-refractivity contribution is -0.120. The molecule has 5 heteroatoms. The molecule has 122 valence electrons. The number of hydrogen-bond acceptors (Lipinski definition) is 3. The monoisotopic (exact) mass is 304 g/mol. The molecule has 1 aliphatic rings. The summed E-state index contributed by atoms with van der Waals surface area (Å²) in [6.45, 7) is 5.27. The highest BCUT2D eigenvalue weighted by atomic mass is 16.1. The summed E-state index contributed by atoms with van der Waals surface area (Å²) in [5, 5.41) is 10.5. The number of aromatic nitrogens is 2. The third-order valence-corrected chi connectivity index (χ3v) is 4.40. The first-order chi connectivity index (χ1) is 10.7. The van der Waals surface area contributed by atoms with Gasteiger partial charge in [-0.25, -0.2) is 0 Å². The number of carbonyl (C=O) groups excluding carboxylic acids is 1. The molecule has 1 amide bonds. The van der Waals surface area contributed by atoms with Crippen molar-refractivity contribution in [3.8, 4) is 0 Å². The number of nitrogens with zero attached hydrogens (tertiary/aromatic N) is 2. The number of carbonyl (C=O) groups is 1. The summed E-state index contributed by atoms with van der Waals surface area (Å²) in [4.78, 5) is 11.9. The van der Waals surface area contributed by atoms with Crippen LogP contribution >= 0.6 is 0 Å². The molecule has 0 spiro atoms. The minimum Gasteiger partial charge on any atom is -0.355 e. The maximum atomic E-state index is 11.9. The molecule has 0 unspecified atom stereocenters. The summed E-state index contributed by atoms with van der Waals surface area (Å²) >= 11 is 0. The summed E-state index contributed by atoms with van der Waals surface area (Å²) in [6, 6.07) is 2.32. The van der Waals surface area contributed by atoms with E-state index in [1.54, 1.807) is 6.20 Å². The molecule has 5 nitrogen and oxygen atoms in total. The second-order valence-electron chi connectivity index (χ2n) is 6.10. The average Bonchev–Trinajstić information content (AvgIpc) is 3.07. The molecule has 0 saturated carbocycles. The molecule has 0 aromatic carbocycles. The number of hydrogen-bond donors (Lipinski definition) is 2. The Morgan fingerprint density at radius 1 is 1.41 bits per heavy atom. The topological polar surface area (TPSA) is 59.0 Å². The van der Waals surface area contributed by atoms with E-state index in [2.05, 4.69) is 35.7 Å². The molecular weight excluding hydrogens is 276 g/mol. The van der Waals surface area contributed by atoms with Gasteiger partial charge in [-0.05, 0) is 52.0 Å². The number of allylic oxidation sites excluding steroid dienone is 1. The van der Waals surface area contributed by atoms with Gasteiger partial charge in [-0.3, -0.25) is 9.48 Å². The maximum Gasteiger partial charge on any atom is 0.233 e. The summed E-state index contributed by atoms with van der Waals surface area (Å²) in [5.41, 5.74) is 1.50. The van der Waals surface area contributed by atoms with Crippen LogP contribution in [0.15, 0.2) is 30.1 Å². The van der Waals surface area contributed by atoms with Crippen LogP contribution in [0.5, 0.6) is 0 Å². The van der Waals surface area contributed by atoms with Crippen molar-refractivity contribution in [1.82, 2.24) is 20.4 Å². The van der Waals surface area contributed by atoms with Crippen molar-refractivity contribution >= 4 is 5.91 Å². The highest BCUT2D eigenvalue weighted by Crippen LogP contribution is 2.19. The van der Waals surface area contributed by atoms with Crippen molar-refractivity contribution in [2.24, 2.45) is 0 Å². The lowest BCUT2D eigenvalue weighted by Crippen LogP contribution is -2.41. The Balaban J connectivity index is 1.61. The Bertz CT molecular complexity index is 481. The Morgan fingerprint density at radius 2 is 2.27 bits per heavy atom. The van der Waals surface area contributed by atoms with Crippen LogP contribution in [0.2, 0.25) is 0 Å². The van der Waals surface area contributed by atoms with Gasteiger partial charge in [0.2, 0.25) is 5.91 Å². The largest absolute Gasteiger partial charge is 0.355 e. The highest BCUT2D eigenvalue weighted by Gasteiger charge is 2.14. The van der Waals surface area contributed by atoms with E-state index in [4.69, 9.17) is 0 Å². The molecule has 22 heavy (non-hydrogen) atoms. The van der Waals surface area contributed by atoms with Crippen molar-refractivity contribution in [2.75, 3.05) is 13.1 Å². The first-order valence-electron chi connectivity index (χ1n) is 8.34. The molecule has 2 rings (SSSR count). The summed E-state index contributed by atoms with van der Waals surface area (Å²) in [5.74, 6) is 0.0657.